The fourth-order valence-electron chi connectivity index (χ4n) is 4.03. The minimum absolute atomic E-state index is 0.332. The van der Waals surface area contributed by atoms with E-state index in [1.165, 1.54) is 9.79 Å². The molecule has 154 valence electrons. The lowest BCUT2D eigenvalue weighted by Gasteiger charge is -2.38. The van der Waals surface area contributed by atoms with Crippen LogP contribution in [0.4, 0.5) is 11.4 Å². The smallest absolute Gasteiger partial charge is 0.204 e. The molecule has 1 unspecified atom stereocenters. The Labute approximate surface area is 191 Å². The summed E-state index contributed by atoms with van der Waals surface area (Å²) in [5, 5.41) is 3.60. The largest absolute Gasteiger partial charge is 0.331 e. The molecule has 6 rings (SSSR count). The van der Waals surface area contributed by atoms with Gasteiger partial charge in [-0.3, -0.25) is 4.90 Å². The van der Waals surface area contributed by atoms with E-state index >= 15 is 0 Å². The second-order valence-corrected chi connectivity index (χ2v) is 8.65. The summed E-state index contributed by atoms with van der Waals surface area (Å²) in [7, 11) is 0. The molecule has 4 nitrogen and oxygen atoms in total. The van der Waals surface area contributed by atoms with Gasteiger partial charge >= 0.3 is 0 Å². The van der Waals surface area contributed by atoms with Crippen LogP contribution in [0.3, 0.4) is 0 Å². The summed E-state index contributed by atoms with van der Waals surface area (Å²) < 4.78 is 0. The Balaban J connectivity index is 1.51. The van der Waals surface area contributed by atoms with Crippen molar-refractivity contribution in [3.05, 3.63) is 120 Å². The van der Waals surface area contributed by atoms with E-state index in [-0.39, 0.29) is 6.29 Å². The molecule has 4 aromatic rings. The van der Waals surface area contributed by atoms with Crippen LogP contribution in [-0.4, -0.2) is 18.0 Å². The molecule has 0 saturated carbocycles. The number of amidine groups is 2. The number of hydrogen-bond donors (Lipinski definition) is 1. The van der Waals surface area contributed by atoms with Crippen LogP contribution < -0.4 is 10.2 Å². The highest BCUT2D eigenvalue weighted by molar-refractivity contribution is 7.99. The van der Waals surface area contributed by atoms with Crippen molar-refractivity contribution in [2.75, 3.05) is 4.90 Å². The van der Waals surface area contributed by atoms with Crippen LogP contribution in [-0.2, 0) is 0 Å². The number of hydrogen-bond acceptors (Lipinski definition) is 5. The molecule has 0 spiro atoms. The zero-order chi connectivity index (χ0) is 21.3. The van der Waals surface area contributed by atoms with Gasteiger partial charge in [0, 0.05) is 20.9 Å². The Hall–Kier alpha value is -3.83. The summed E-state index contributed by atoms with van der Waals surface area (Å²) in [6.45, 7) is 0. The molecule has 5 heteroatoms. The molecule has 2 aliphatic heterocycles. The molecule has 1 atom stereocenters. The van der Waals surface area contributed by atoms with Crippen LogP contribution >= 0.6 is 11.8 Å². The van der Waals surface area contributed by atoms with Gasteiger partial charge in [0.25, 0.3) is 0 Å². The molecule has 4 aromatic carbocycles. The summed E-state index contributed by atoms with van der Waals surface area (Å²) in [4.78, 5) is 14.7. The van der Waals surface area contributed by atoms with Gasteiger partial charge in [-0.15, -0.1) is 0 Å². The lowest BCUT2D eigenvalue weighted by Crippen LogP contribution is -2.49. The summed E-state index contributed by atoms with van der Waals surface area (Å²) in [6.07, 6.45) is -0.332. The SMILES string of the molecule is c1ccc(C2=NC(N3c4ccccc4Sc4ccccc43)NC(c3ccccc3)=N2)cc1. The molecule has 0 saturated heterocycles. The third kappa shape index (κ3) is 3.37. The van der Waals surface area contributed by atoms with Gasteiger partial charge in [0.05, 0.1) is 11.4 Å². The van der Waals surface area contributed by atoms with Crippen molar-refractivity contribution in [3.8, 4) is 0 Å². The first-order chi connectivity index (χ1) is 15.9. The number of aliphatic imine (C=N–C) groups is 2. The first-order valence-electron chi connectivity index (χ1n) is 10.6. The molecular weight excluding hydrogens is 412 g/mol. The molecule has 2 heterocycles. The topological polar surface area (TPSA) is 40.0 Å². The van der Waals surface area contributed by atoms with E-state index in [1.54, 1.807) is 11.8 Å². The molecule has 0 aliphatic carbocycles. The van der Waals surface area contributed by atoms with Crippen molar-refractivity contribution in [3.63, 3.8) is 0 Å². The molecule has 1 N–H and O–H groups in total. The number of rotatable bonds is 3. The third-order valence-corrected chi connectivity index (χ3v) is 6.65. The standard InChI is InChI=1S/C27H20N4S/c1-3-11-19(12-4-1)25-28-26(20-13-5-2-6-14-20)30-27(29-25)31-21-15-7-9-17-23(21)32-24-18-10-8-16-22(24)31/h1-18,27H,(H,28,29,30). The minimum Gasteiger partial charge on any atom is -0.331 e. The van der Waals surface area contributed by atoms with E-state index in [9.17, 15) is 0 Å². The van der Waals surface area contributed by atoms with Crippen LogP contribution in [0.2, 0.25) is 0 Å². The lowest BCUT2D eigenvalue weighted by atomic mass is 10.1. The van der Waals surface area contributed by atoms with Crippen LogP contribution in [0.5, 0.6) is 0 Å². The van der Waals surface area contributed by atoms with Crippen LogP contribution in [0.25, 0.3) is 0 Å². The Bertz CT molecular complexity index is 1290. The molecule has 0 fully saturated rings. The van der Waals surface area contributed by atoms with Crippen LogP contribution in [0.15, 0.2) is 129 Å². The van der Waals surface area contributed by atoms with E-state index in [0.29, 0.717) is 0 Å². The van der Waals surface area contributed by atoms with Crippen LogP contribution in [0, 0.1) is 0 Å². The third-order valence-electron chi connectivity index (χ3n) is 5.52. The van der Waals surface area contributed by atoms with Crippen LogP contribution in [0.1, 0.15) is 11.1 Å². The van der Waals surface area contributed by atoms with Gasteiger partial charge in [0.15, 0.2) is 5.84 Å². The quantitative estimate of drug-likeness (QED) is 0.427. The molecule has 0 aromatic heterocycles. The van der Waals surface area contributed by atoms with E-state index in [1.807, 2.05) is 36.4 Å². The Kier molecular flexibility index (Phi) is 4.74. The average molecular weight is 433 g/mol. The number of para-hydroxylation sites is 2. The number of benzene rings is 4. The van der Waals surface area contributed by atoms with E-state index < -0.39 is 0 Å². The molecule has 0 bridgehead atoms. The maximum absolute atomic E-state index is 5.08. The molecule has 32 heavy (non-hydrogen) atoms. The molecule has 0 radical (unpaired) electrons. The van der Waals surface area contributed by atoms with E-state index in [2.05, 4.69) is 83.0 Å². The minimum atomic E-state index is -0.332. The zero-order valence-corrected chi connectivity index (χ0v) is 18.0. The predicted octanol–water partition coefficient (Wildman–Crippen LogP) is 6.07. The fourth-order valence-corrected chi connectivity index (χ4v) is 5.10. The number of fused-ring (bicyclic) bond motifs is 2. The summed E-state index contributed by atoms with van der Waals surface area (Å²) in [6, 6.07) is 37.4. The van der Waals surface area contributed by atoms with Crippen molar-refractivity contribution < 1.29 is 0 Å². The van der Waals surface area contributed by atoms with Gasteiger partial charge in [-0.05, 0) is 24.3 Å². The van der Waals surface area contributed by atoms with Gasteiger partial charge in [0.1, 0.15) is 5.84 Å². The predicted molar refractivity (Wildman–Crippen MR) is 132 cm³/mol. The summed E-state index contributed by atoms with van der Waals surface area (Å²) >= 11 is 1.80. The first-order valence-corrected chi connectivity index (χ1v) is 11.4. The second-order valence-electron chi connectivity index (χ2n) is 7.57. The average Bonchev–Trinajstić information content (AvgIpc) is 2.88. The molecular formula is C27H20N4S. The summed E-state index contributed by atoms with van der Waals surface area (Å²) in [5.41, 5.74) is 4.31. The van der Waals surface area contributed by atoms with E-state index in [4.69, 9.17) is 9.98 Å². The fraction of sp³-hybridized carbons (Fsp3) is 0.0370. The maximum Gasteiger partial charge on any atom is 0.204 e. The Morgan fingerprint density at radius 1 is 0.625 bits per heavy atom. The van der Waals surface area contributed by atoms with Crippen molar-refractivity contribution in [2.45, 2.75) is 16.1 Å². The monoisotopic (exact) mass is 432 g/mol. The lowest BCUT2D eigenvalue weighted by molar-refractivity contribution is 0.629. The van der Waals surface area contributed by atoms with Crippen molar-refractivity contribution in [1.82, 2.24) is 5.32 Å². The molecule has 0 amide bonds. The van der Waals surface area contributed by atoms with Gasteiger partial charge < -0.3 is 5.32 Å². The number of nitrogens with one attached hydrogen (secondary N) is 1. The number of nitrogens with zero attached hydrogens (tertiary/aromatic N) is 3. The number of anilines is 2. The second kappa shape index (κ2) is 8.02. The Morgan fingerprint density at radius 3 is 1.78 bits per heavy atom. The highest BCUT2D eigenvalue weighted by Gasteiger charge is 2.31. The molecule has 2 aliphatic rings. The van der Waals surface area contributed by atoms with Gasteiger partial charge in [-0.25, -0.2) is 9.98 Å². The Morgan fingerprint density at radius 2 is 1.16 bits per heavy atom. The van der Waals surface area contributed by atoms with Crippen molar-refractivity contribution >= 4 is 34.8 Å². The van der Waals surface area contributed by atoms with Gasteiger partial charge in [0.2, 0.25) is 6.29 Å². The summed E-state index contributed by atoms with van der Waals surface area (Å²) in [5.74, 6) is 1.54. The van der Waals surface area contributed by atoms with Crippen molar-refractivity contribution in [2.24, 2.45) is 9.98 Å². The highest BCUT2D eigenvalue weighted by Crippen LogP contribution is 2.48. The highest BCUT2D eigenvalue weighted by atomic mass is 32.2. The van der Waals surface area contributed by atoms with Gasteiger partial charge in [-0.2, -0.15) is 0 Å². The maximum atomic E-state index is 5.08. The van der Waals surface area contributed by atoms with Gasteiger partial charge in [-0.1, -0.05) is 96.7 Å². The van der Waals surface area contributed by atoms with E-state index in [0.717, 1.165) is 34.2 Å². The zero-order valence-electron chi connectivity index (χ0n) is 17.2. The first kappa shape index (κ1) is 18.9. The normalized spacial score (nSPS) is 16.9. The van der Waals surface area contributed by atoms with Crippen molar-refractivity contribution in [1.29, 1.82) is 0 Å².